The zero-order valence-corrected chi connectivity index (χ0v) is 12.5. The first-order valence-corrected chi connectivity index (χ1v) is 7.03. The van der Waals surface area contributed by atoms with Gasteiger partial charge in [-0.25, -0.2) is 4.79 Å². The average molecular weight is 301 g/mol. The molecular weight excluding hydrogens is 284 g/mol. The molecule has 0 aliphatic rings. The highest BCUT2D eigenvalue weighted by atomic mass is 35.5. The summed E-state index contributed by atoms with van der Waals surface area (Å²) < 4.78 is 0. The quantitative estimate of drug-likeness (QED) is 0.876. The van der Waals surface area contributed by atoms with E-state index in [0.717, 1.165) is 11.1 Å². The smallest absolute Gasteiger partial charge is 0.319 e. The van der Waals surface area contributed by atoms with Gasteiger partial charge >= 0.3 is 6.03 Å². The van der Waals surface area contributed by atoms with Gasteiger partial charge in [-0.2, -0.15) is 0 Å². The molecule has 108 valence electrons. The second-order valence-corrected chi connectivity index (χ2v) is 5.14. The molecule has 0 saturated heterocycles. The Bertz CT molecular complexity index is 635. The standard InChI is InChI=1S/C17H17ClN2O/c1-13-3-2-4-14(11-13)9-10-19-17(21)20-12-15-5-7-16(18)8-6-15/h2-11H,12H2,1H3,(H2,19,20,21)/b10-9+. The Morgan fingerprint density at radius 1 is 1.19 bits per heavy atom. The van der Waals surface area contributed by atoms with Crippen LogP contribution < -0.4 is 10.6 Å². The van der Waals surface area contributed by atoms with Gasteiger partial charge in [-0.05, 0) is 36.3 Å². The molecule has 0 unspecified atom stereocenters. The molecule has 0 heterocycles. The summed E-state index contributed by atoms with van der Waals surface area (Å²) in [6.07, 6.45) is 3.49. The Labute approximate surface area is 129 Å². The summed E-state index contributed by atoms with van der Waals surface area (Å²) in [5, 5.41) is 6.13. The lowest BCUT2D eigenvalue weighted by atomic mass is 10.1. The molecule has 0 radical (unpaired) electrons. The zero-order valence-electron chi connectivity index (χ0n) is 11.8. The first kappa shape index (κ1) is 15.1. The van der Waals surface area contributed by atoms with E-state index in [2.05, 4.69) is 10.6 Å². The molecule has 2 rings (SSSR count). The van der Waals surface area contributed by atoms with Crippen molar-refractivity contribution in [3.05, 3.63) is 76.4 Å². The fraction of sp³-hybridized carbons (Fsp3) is 0.118. The maximum absolute atomic E-state index is 11.6. The molecular formula is C17H17ClN2O. The SMILES string of the molecule is Cc1cccc(/C=C/NC(=O)NCc2ccc(Cl)cc2)c1. The lowest BCUT2D eigenvalue weighted by molar-refractivity contribution is 0.244. The Morgan fingerprint density at radius 3 is 2.67 bits per heavy atom. The van der Waals surface area contributed by atoms with Crippen LogP contribution in [0, 0.1) is 6.92 Å². The minimum Gasteiger partial charge on any atom is -0.334 e. The van der Waals surface area contributed by atoms with E-state index in [0.29, 0.717) is 11.6 Å². The lowest BCUT2D eigenvalue weighted by Crippen LogP contribution is -2.31. The van der Waals surface area contributed by atoms with Crippen molar-refractivity contribution in [3.63, 3.8) is 0 Å². The van der Waals surface area contributed by atoms with Crippen LogP contribution in [-0.2, 0) is 6.54 Å². The Hall–Kier alpha value is -2.26. The molecule has 0 aliphatic heterocycles. The first-order chi connectivity index (χ1) is 10.1. The summed E-state index contributed by atoms with van der Waals surface area (Å²) in [4.78, 5) is 11.6. The third-order valence-electron chi connectivity index (χ3n) is 2.90. The third-order valence-corrected chi connectivity index (χ3v) is 3.15. The van der Waals surface area contributed by atoms with Gasteiger partial charge in [0.1, 0.15) is 0 Å². The van der Waals surface area contributed by atoms with Crippen molar-refractivity contribution >= 4 is 23.7 Å². The third kappa shape index (κ3) is 5.32. The maximum atomic E-state index is 11.6. The van der Waals surface area contributed by atoms with Crippen molar-refractivity contribution in [3.8, 4) is 0 Å². The van der Waals surface area contributed by atoms with E-state index in [1.54, 1.807) is 18.3 Å². The lowest BCUT2D eigenvalue weighted by Gasteiger charge is -2.05. The molecule has 0 bridgehead atoms. The van der Waals surface area contributed by atoms with Crippen LogP contribution in [0.5, 0.6) is 0 Å². The van der Waals surface area contributed by atoms with Gasteiger partial charge in [0.05, 0.1) is 0 Å². The summed E-state index contributed by atoms with van der Waals surface area (Å²) in [6, 6.07) is 15.2. The van der Waals surface area contributed by atoms with Gasteiger partial charge in [-0.3, -0.25) is 0 Å². The van der Waals surface area contributed by atoms with Crippen LogP contribution in [0.1, 0.15) is 16.7 Å². The molecule has 0 atom stereocenters. The van der Waals surface area contributed by atoms with E-state index in [9.17, 15) is 4.79 Å². The van der Waals surface area contributed by atoms with Crippen molar-refractivity contribution in [2.45, 2.75) is 13.5 Å². The van der Waals surface area contributed by atoms with Crippen molar-refractivity contribution in [2.24, 2.45) is 0 Å². The summed E-state index contributed by atoms with van der Waals surface area (Å²) >= 11 is 5.80. The average Bonchev–Trinajstić information content (AvgIpc) is 2.47. The van der Waals surface area contributed by atoms with Gasteiger partial charge in [0.25, 0.3) is 0 Å². The minimum absolute atomic E-state index is 0.242. The zero-order chi connectivity index (χ0) is 15.1. The van der Waals surface area contributed by atoms with E-state index >= 15 is 0 Å². The number of carbonyl (C=O) groups excluding carboxylic acids is 1. The number of rotatable bonds is 4. The van der Waals surface area contributed by atoms with E-state index in [-0.39, 0.29) is 6.03 Å². The number of benzene rings is 2. The number of hydrogen-bond donors (Lipinski definition) is 2. The highest BCUT2D eigenvalue weighted by Gasteiger charge is 1.98. The molecule has 0 fully saturated rings. The number of halogens is 1. The molecule has 21 heavy (non-hydrogen) atoms. The molecule has 2 aromatic carbocycles. The van der Waals surface area contributed by atoms with Crippen LogP contribution in [-0.4, -0.2) is 6.03 Å². The van der Waals surface area contributed by atoms with Crippen LogP contribution in [0.4, 0.5) is 4.79 Å². The molecule has 4 heteroatoms. The molecule has 2 aromatic rings. The van der Waals surface area contributed by atoms with E-state index < -0.39 is 0 Å². The fourth-order valence-electron chi connectivity index (χ4n) is 1.82. The number of urea groups is 1. The topological polar surface area (TPSA) is 41.1 Å². The van der Waals surface area contributed by atoms with Crippen LogP contribution >= 0.6 is 11.6 Å². The number of nitrogens with one attached hydrogen (secondary N) is 2. The van der Waals surface area contributed by atoms with Gasteiger partial charge in [-0.1, -0.05) is 53.6 Å². The van der Waals surface area contributed by atoms with Crippen LogP contribution in [0.25, 0.3) is 6.08 Å². The summed E-state index contributed by atoms with van der Waals surface area (Å²) in [6.45, 7) is 2.49. The van der Waals surface area contributed by atoms with E-state index in [1.165, 1.54) is 5.56 Å². The second-order valence-electron chi connectivity index (χ2n) is 4.70. The largest absolute Gasteiger partial charge is 0.334 e. The van der Waals surface area contributed by atoms with E-state index in [1.807, 2.05) is 49.4 Å². The molecule has 2 N–H and O–H groups in total. The Kier molecular flexibility index (Phi) is 5.41. The highest BCUT2D eigenvalue weighted by Crippen LogP contribution is 2.09. The van der Waals surface area contributed by atoms with E-state index in [4.69, 9.17) is 11.6 Å². The van der Waals surface area contributed by atoms with Gasteiger partial charge in [-0.15, -0.1) is 0 Å². The summed E-state index contributed by atoms with van der Waals surface area (Å²) in [5.74, 6) is 0. The van der Waals surface area contributed by atoms with Crippen molar-refractivity contribution < 1.29 is 4.79 Å². The predicted octanol–water partition coefficient (Wildman–Crippen LogP) is 4.12. The first-order valence-electron chi connectivity index (χ1n) is 6.65. The molecule has 0 saturated carbocycles. The molecule has 2 amide bonds. The van der Waals surface area contributed by atoms with Gasteiger partial charge in [0.15, 0.2) is 0 Å². The second kappa shape index (κ2) is 7.50. The van der Waals surface area contributed by atoms with Crippen LogP contribution in [0.3, 0.4) is 0 Å². The molecule has 0 spiro atoms. The van der Waals surface area contributed by atoms with Gasteiger partial charge in [0.2, 0.25) is 0 Å². The summed E-state index contributed by atoms with van der Waals surface area (Å²) in [7, 11) is 0. The van der Waals surface area contributed by atoms with Crippen LogP contribution in [0.2, 0.25) is 5.02 Å². The highest BCUT2D eigenvalue weighted by molar-refractivity contribution is 6.30. The van der Waals surface area contributed by atoms with Gasteiger partial charge < -0.3 is 10.6 Å². The number of carbonyl (C=O) groups is 1. The minimum atomic E-state index is -0.242. The van der Waals surface area contributed by atoms with Crippen molar-refractivity contribution in [1.29, 1.82) is 0 Å². The Balaban J connectivity index is 1.78. The molecule has 3 nitrogen and oxygen atoms in total. The fourth-order valence-corrected chi connectivity index (χ4v) is 1.95. The van der Waals surface area contributed by atoms with Crippen molar-refractivity contribution in [1.82, 2.24) is 10.6 Å². The monoisotopic (exact) mass is 300 g/mol. The van der Waals surface area contributed by atoms with Gasteiger partial charge in [0, 0.05) is 17.8 Å². The van der Waals surface area contributed by atoms with Crippen LogP contribution in [0.15, 0.2) is 54.7 Å². The molecule has 0 aliphatic carbocycles. The Morgan fingerprint density at radius 2 is 1.95 bits per heavy atom. The predicted molar refractivity (Wildman–Crippen MR) is 87.0 cm³/mol. The normalized spacial score (nSPS) is 10.6. The molecule has 0 aromatic heterocycles. The number of aryl methyl sites for hydroxylation is 1. The number of amides is 2. The summed E-state index contributed by atoms with van der Waals surface area (Å²) in [5.41, 5.74) is 3.23. The van der Waals surface area contributed by atoms with Crippen molar-refractivity contribution in [2.75, 3.05) is 0 Å². The number of hydrogen-bond acceptors (Lipinski definition) is 1. The maximum Gasteiger partial charge on any atom is 0.319 e.